The van der Waals surface area contributed by atoms with Gasteiger partial charge in [0.25, 0.3) is 0 Å². The molecule has 3 aliphatic heterocycles. The van der Waals surface area contributed by atoms with Gasteiger partial charge in [0.05, 0.1) is 38.6 Å². The zero-order chi connectivity index (χ0) is 83.1. The number of hydrogen-bond acceptors (Lipinski definition) is 18. The molecule has 3 aliphatic rings. The van der Waals surface area contributed by atoms with E-state index in [4.69, 9.17) is 28.4 Å². The number of hydrogen-bond donors (Lipinski definition) is 12. The van der Waals surface area contributed by atoms with Crippen LogP contribution in [0.2, 0.25) is 0 Å². The average Bonchev–Trinajstić information content (AvgIpc) is 0.779. The monoisotopic (exact) mass is 1620 g/mol. The molecule has 660 valence electrons. The SMILES string of the molecule is CC/C=C\C/C=C\C/C=C\C/C=C\C/C=C\C/C=C\C/C=C\C/C=C\C/C=C\C/C=C\C/C=C\CCCCCCCC(=O)NC(COC1OC(CO)C(OC2OC(CO)C(OC3OC(CO)C(O)C(O)C3O)C(O)C2O)C(O)C1O)C(O)/C=C/CCCCCCCCCCCCCCCCCCCCCCCCCCCCCCC. The van der Waals surface area contributed by atoms with Crippen molar-refractivity contribution in [2.24, 2.45) is 0 Å². The predicted octanol–water partition coefficient (Wildman–Crippen LogP) is 17.7. The summed E-state index contributed by atoms with van der Waals surface area (Å²) in [6, 6.07) is -0.997. The van der Waals surface area contributed by atoms with Crippen LogP contribution in [0.5, 0.6) is 0 Å². The molecule has 0 bridgehead atoms. The van der Waals surface area contributed by atoms with E-state index in [-0.39, 0.29) is 18.9 Å². The molecular weight excluding hydrogens is 1460 g/mol. The number of carbonyl (C=O) groups excluding carboxylic acids is 1. The van der Waals surface area contributed by atoms with Crippen molar-refractivity contribution >= 4 is 5.91 Å². The molecule has 0 saturated carbocycles. The molecular formula is C96H163NO18. The molecule has 17 unspecified atom stereocenters. The number of carbonyl (C=O) groups is 1. The zero-order valence-corrected chi connectivity index (χ0v) is 71.2. The molecule has 0 aromatic carbocycles. The van der Waals surface area contributed by atoms with Gasteiger partial charge in [0, 0.05) is 6.42 Å². The second kappa shape index (κ2) is 73.6. The van der Waals surface area contributed by atoms with Crippen LogP contribution in [-0.4, -0.2) is 193 Å². The Labute approximate surface area is 695 Å². The van der Waals surface area contributed by atoms with Crippen molar-refractivity contribution in [1.82, 2.24) is 5.32 Å². The summed E-state index contributed by atoms with van der Waals surface area (Å²) in [5.41, 5.74) is 0. The fraction of sp³-hybridized carbons (Fsp3) is 0.740. The number of amides is 1. The predicted molar refractivity (Wildman–Crippen MR) is 466 cm³/mol. The first-order valence-corrected chi connectivity index (χ1v) is 45.6. The Morgan fingerprint density at radius 3 is 0.939 bits per heavy atom. The molecule has 3 rings (SSSR count). The summed E-state index contributed by atoms with van der Waals surface area (Å²) < 4.78 is 34.5. The topological polar surface area (TPSA) is 307 Å². The maximum absolute atomic E-state index is 13.5. The molecule has 0 aromatic rings. The summed E-state index contributed by atoms with van der Waals surface area (Å²) in [5.74, 6) is -0.297. The van der Waals surface area contributed by atoms with E-state index < -0.39 is 124 Å². The number of nitrogens with one attached hydrogen (secondary N) is 1. The van der Waals surface area contributed by atoms with E-state index in [1.165, 1.54) is 167 Å². The van der Waals surface area contributed by atoms with Gasteiger partial charge in [0.2, 0.25) is 5.91 Å². The van der Waals surface area contributed by atoms with Crippen LogP contribution in [-0.2, 0) is 33.2 Å². The molecule has 3 heterocycles. The van der Waals surface area contributed by atoms with Crippen molar-refractivity contribution in [2.75, 3.05) is 26.4 Å². The van der Waals surface area contributed by atoms with Crippen LogP contribution in [0.1, 0.15) is 322 Å². The van der Waals surface area contributed by atoms with Crippen LogP contribution in [0, 0.1) is 0 Å². The smallest absolute Gasteiger partial charge is 0.220 e. The molecule has 0 aromatic heterocycles. The first kappa shape index (κ1) is 105. The first-order valence-electron chi connectivity index (χ1n) is 45.6. The molecule has 0 radical (unpaired) electrons. The number of aliphatic hydroxyl groups excluding tert-OH is 11. The Balaban J connectivity index is 1.35. The standard InChI is InChI=1S/C96H163NO18/c1-3-5-7-9-11-13-15-17-19-21-23-25-27-29-31-33-35-36-37-38-39-40-41-42-44-46-48-50-52-54-56-58-60-62-64-66-68-70-72-74-84(102)97-79(80(101)73-71-69-67-65-63-61-59-57-55-53-51-49-47-45-43-34-32-30-28-26-24-22-20-18-16-14-12-10-8-6-4-2)78-110-94-90(108)87(105)92(82(76-99)112-94)115-96-91(109)88(106)93(83(77-100)113-96)114-95-89(107)86(104)85(103)81(75-98)111-95/h5,7,11,13,17,19,23,25,29,31,35-36,38-39,41-42,46,48,52,54,58,60,71,73,79-83,85-96,98-101,103-109H,3-4,6,8-10,12,14-16,18,20-22,24,26-28,30,32-34,37,40,43-45,47,49-51,53,55-57,59,61-70,72,74-78H2,1-2H3,(H,97,102)/b7-5-,13-11-,19-17-,25-23-,31-29-,36-35-,39-38-,42-41-,48-46-,54-52-,60-58-,73-71+. The van der Waals surface area contributed by atoms with Crippen LogP contribution < -0.4 is 5.32 Å². The largest absolute Gasteiger partial charge is 0.394 e. The minimum atomic E-state index is -1.99. The third-order valence-electron chi connectivity index (χ3n) is 21.6. The van der Waals surface area contributed by atoms with Crippen LogP contribution in [0.4, 0.5) is 0 Å². The highest BCUT2D eigenvalue weighted by Gasteiger charge is 2.54. The van der Waals surface area contributed by atoms with Gasteiger partial charge in [0.1, 0.15) is 73.2 Å². The number of rotatable bonds is 72. The summed E-state index contributed by atoms with van der Waals surface area (Å²) in [7, 11) is 0. The minimum Gasteiger partial charge on any atom is -0.394 e. The summed E-state index contributed by atoms with van der Waals surface area (Å²) in [4.78, 5) is 13.5. The third kappa shape index (κ3) is 51.8. The minimum absolute atomic E-state index is 0.212. The summed E-state index contributed by atoms with van der Waals surface area (Å²) in [6.45, 7) is 1.63. The molecule has 0 aliphatic carbocycles. The van der Waals surface area contributed by atoms with Gasteiger partial charge in [-0.15, -0.1) is 0 Å². The normalized spacial score (nSPS) is 25.3. The molecule has 19 nitrogen and oxygen atoms in total. The van der Waals surface area contributed by atoms with E-state index in [1.807, 2.05) is 6.08 Å². The van der Waals surface area contributed by atoms with Gasteiger partial charge in [-0.3, -0.25) is 4.79 Å². The van der Waals surface area contributed by atoms with E-state index in [1.54, 1.807) is 6.08 Å². The highest BCUT2D eigenvalue weighted by molar-refractivity contribution is 5.76. The van der Waals surface area contributed by atoms with E-state index >= 15 is 0 Å². The molecule has 19 heteroatoms. The van der Waals surface area contributed by atoms with Gasteiger partial charge < -0.3 is 89.9 Å². The zero-order valence-electron chi connectivity index (χ0n) is 71.2. The van der Waals surface area contributed by atoms with E-state index in [0.717, 1.165) is 128 Å². The molecule has 3 saturated heterocycles. The maximum atomic E-state index is 13.5. The number of aliphatic hydroxyl groups is 11. The second-order valence-corrected chi connectivity index (χ2v) is 31.7. The van der Waals surface area contributed by atoms with Gasteiger partial charge in [-0.2, -0.15) is 0 Å². The van der Waals surface area contributed by atoms with Crippen LogP contribution >= 0.6 is 0 Å². The Hall–Kier alpha value is -4.33. The Bertz CT molecular complexity index is 2650. The maximum Gasteiger partial charge on any atom is 0.220 e. The summed E-state index contributed by atoms with van der Waals surface area (Å²) >= 11 is 0. The lowest BCUT2D eigenvalue weighted by Gasteiger charge is -2.48. The number of allylic oxidation sites excluding steroid dienone is 23. The van der Waals surface area contributed by atoms with Gasteiger partial charge in [-0.1, -0.05) is 359 Å². The molecule has 3 fully saturated rings. The fourth-order valence-electron chi connectivity index (χ4n) is 14.4. The van der Waals surface area contributed by atoms with E-state index in [9.17, 15) is 61.0 Å². The lowest BCUT2D eigenvalue weighted by Crippen LogP contribution is -2.66. The van der Waals surface area contributed by atoms with Crippen molar-refractivity contribution in [3.8, 4) is 0 Å². The molecule has 115 heavy (non-hydrogen) atoms. The number of ether oxygens (including phenoxy) is 6. The first-order chi connectivity index (χ1) is 56.3. The van der Waals surface area contributed by atoms with Crippen molar-refractivity contribution < 1.29 is 89.4 Å². The quantitative estimate of drug-likeness (QED) is 0.0199. The fourth-order valence-corrected chi connectivity index (χ4v) is 14.4. The van der Waals surface area contributed by atoms with Crippen molar-refractivity contribution in [3.63, 3.8) is 0 Å². The second-order valence-electron chi connectivity index (χ2n) is 31.7. The summed E-state index contributed by atoms with van der Waals surface area (Å²) in [6.07, 6.45) is 81.3. The Kier molecular flexibility index (Phi) is 67.1. The Morgan fingerprint density at radius 1 is 0.322 bits per heavy atom. The molecule has 1 amide bonds. The average molecular weight is 1620 g/mol. The lowest BCUT2D eigenvalue weighted by molar-refractivity contribution is -0.379. The van der Waals surface area contributed by atoms with Crippen molar-refractivity contribution in [3.05, 3.63) is 146 Å². The molecule has 0 spiro atoms. The third-order valence-corrected chi connectivity index (χ3v) is 21.6. The van der Waals surface area contributed by atoms with Gasteiger partial charge in [-0.05, 0) is 103 Å². The lowest BCUT2D eigenvalue weighted by atomic mass is 9.96. The number of unbranched alkanes of at least 4 members (excludes halogenated alkanes) is 34. The van der Waals surface area contributed by atoms with Crippen LogP contribution in [0.3, 0.4) is 0 Å². The van der Waals surface area contributed by atoms with Crippen LogP contribution in [0.15, 0.2) is 146 Å². The van der Waals surface area contributed by atoms with E-state index in [2.05, 4.69) is 153 Å². The highest BCUT2D eigenvalue weighted by atomic mass is 16.8. The summed E-state index contributed by atoms with van der Waals surface area (Å²) in [5, 5.41) is 121. The van der Waals surface area contributed by atoms with Gasteiger partial charge in [0.15, 0.2) is 18.9 Å². The van der Waals surface area contributed by atoms with Gasteiger partial charge >= 0.3 is 0 Å². The highest BCUT2D eigenvalue weighted by Crippen LogP contribution is 2.33. The molecule has 17 atom stereocenters. The van der Waals surface area contributed by atoms with Gasteiger partial charge in [-0.25, -0.2) is 0 Å². The van der Waals surface area contributed by atoms with E-state index in [0.29, 0.717) is 6.42 Å². The molecule has 12 N–H and O–H groups in total. The van der Waals surface area contributed by atoms with Crippen LogP contribution in [0.25, 0.3) is 0 Å². The Morgan fingerprint density at radius 2 is 0.600 bits per heavy atom. The van der Waals surface area contributed by atoms with Crippen molar-refractivity contribution in [1.29, 1.82) is 0 Å². The van der Waals surface area contributed by atoms with Crippen molar-refractivity contribution in [2.45, 2.75) is 426 Å².